The van der Waals surface area contributed by atoms with Gasteiger partial charge in [-0.15, -0.1) is 0 Å². The van der Waals surface area contributed by atoms with Crippen LogP contribution in [0.5, 0.6) is 0 Å². The highest BCUT2D eigenvalue weighted by atomic mass is 14.4. The van der Waals surface area contributed by atoms with E-state index in [4.69, 9.17) is 0 Å². The number of hydrogen-bond donors (Lipinski definition) is 0. The first-order chi connectivity index (χ1) is 6.53. The summed E-state index contributed by atoms with van der Waals surface area (Å²) in [7, 11) is 0. The fourth-order valence-electron chi connectivity index (χ4n) is 2.59. The van der Waals surface area contributed by atoms with Crippen LogP contribution >= 0.6 is 0 Å². The Morgan fingerprint density at radius 3 is 2.36 bits per heavy atom. The Morgan fingerprint density at radius 1 is 1.29 bits per heavy atom. The summed E-state index contributed by atoms with van der Waals surface area (Å²) in [6, 6.07) is 2.53. The van der Waals surface area contributed by atoms with Crippen molar-refractivity contribution in [2.75, 3.05) is 0 Å². The molecular weight excluding hydrogens is 170 g/mol. The van der Waals surface area contributed by atoms with Crippen LogP contribution in [0.3, 0.4) is 0 Å². The lowest BCUT2D eigenvalue weighted by Crippen LogP contribution is -2.32. The Bertz CT molecular complexity index is 228. The van der Waals surface area contributed by atoms with Gasteiger partial charge in [0.05, 0.1) is 11.5 Å². The summed E-state index contributed by atoms with van der Waals surface area (Å²) in [4.78, 5) is 0. The monoisotopic (exact) mass is 193 g/mol. The van der Waals surface area contributed by atoms with Crippen LogP contribution in [-0.4, -0.2) is 0 Å². The van der Waals surface area contributed by atoms with Gasteiger partial charge < -0.3 is 0 Å². The van der Waals surface area contributed by atoms with E-state index in [9.17, 15) is 5.26 Å². The van der Waals surface area contributed by atoms with E-state index in [2.05, 4.69) is 33.8 Å². The molecule has 14 heavy (non-hydrogen) atoms. The van der Waals surface area contributed by atoms with E-state index >= 15 is 0 Å². The Labute approximate surface area is 88.5 Å². The van der Waals surface area contributed by atoms with Crippen LogP contribution in [0.15, 0.2) is 0 Å². The van der Waals surface area contributed by atoms with E-state index in [1.807, 2.05) is 0 Å². The molecule has 0 heterocycles. The third-order valence-electron chi connectivity index (χ3n) is 4.49. The highest BCUT2D eigenvalue weighted by molar-refractivity contribution is 5.00. The van der Waals surface area contributed by atoms with Gasteiger partial charge in [0.1, 0.15) is 0 Å². The lowest BCUT2D eigenvalue weighted by Gasteiger charge is -2.39. The maximum Gasteiger partial charge on any atom is 0.0689 e. The zero-order chi connectivity index (χ0) is 10.8. The molecule has 4 atom stereocenters. The first-order valence-corrected chi connectivity index (χ1v) is 5.94. The molecule has 0 bridgehead atoms. The molecule has 0 aromatic carbocycles. The second-order valence-electron chi connectivity index (χ2n) is 5.35. The van der Waals surface area contributed by atoms with Crippen LogP contribution in [0.25, 0.3) is 0 Å². The maximum absolute atomic E-state index is 9.24. The van der Waals surface area contributed by atoms with Crippen molar-refractivity contribution in [3.05, 3.63) is 0 Å². The molecule has 1 aliphatic rings. The SMILES string of the molecule is CCC(C)(C#N)C1CCC(C)C(C)C1. The summed E-state index contributed by atoms with van der Waals surface area (Å²) in [5, 5.41) is 9.24. The summed E-state index contributed by atoms with van der Waals surface area (Å²) in [6.07, 6.45) is 4.81. The largest absolute Gasteiger partial charge is 0.198 e. The molecule has 1 nitrogen and oxygen atoms in total. The Morgan fingerprint density at radius 2 is 1.93 bits per heavy atom. The van der Waals surface area contributed by atoms with Crippen LogP contribution in [0.1, 0.15) is 53.4 Å². The predicted molar refractivity (Wildman–Crippen MR) is 59.7 cm³/mol. The molecule has 80 valence electrons. The first-order valence-electron chi connectivity index (χ1n) is 5.94. The molecule has 1 fully saturated rings. The molecular formula is C13H23N. The van der Waals surface area contributed by atoms with Crippen molar-refractivity contribution < 1.29 is 0 Å². The van der Waals surface area contributed by atoms with E-state index in [1.165, 1.54) is 19.3 Å². The van der Waals surface area contributed by atoms with Gasteiger partial charge in [-0.05, 0) is 43.9 Å². The molecule has 1 heteroatoms. The Kier molecular flexibility index (Phi) is 3.59. The minimum atomic E-state index is -0.0750. The van der Waals surface area contributed by atoms with E-state index in [0.717, 1.165) is 18.3 Å². The maximum atomic E-state index is 9.24. The molecule has 0 aromatic heterocycles. The van der Waals surface area contributed by atoms with Crippen LogP contribution in [0.4, 0.5) is 0 Å². The fourth-order valence-corrected chi connectivity index (χ4v) is 2.59. The lowest BCUT2D eigenvalue weighted by molar-refractivity contribution is 0.123. The molecule has 1 aliphatic carbocycles. The van der Waals surface area contributed by atoms with Crippen molar-refractivity contribution in [3.8, 4) is 6.07 Å². The highest BCUT2D eigenvalue weighted by Gasteiger charge is 2.37. The van der Waals surface area contributed by atoms with Crippen LogP contribution in [-0.2, 0) is 0 Å². The van der Waals surface area contributed by atoms with Gasteiger partial charge in [-0.25, -0.2) is 0 Å². The van der Waals surface area contributed by atoms with Gasteiger partial charge in [0.25, 0.3) is 0 Å². The van der Waals surface area contributed by atoms with Crippen LogP contribution in [0.2, 0.25) is 0 Å². The van der Waals surface area contributed by atoms with Gasteiger partial charge in [0.2, 0.25) is 0 Å². The third-order valence-corrected chi connectivity index (χ3v) is 4.49. The smallest absolute Gasteiger partial charge is 0.0689 e. The van der Waals surface area contributed by atoms with Gasteiger partial charge in [-0.2, -0.15) is 5.26 Å². The average Bonchev–Trinajstić information content (AvgIpc) is 2.21. The van der Waals surface area contributed by atoms with Gasteiger partial charge in [0, 0.05) is 0 Å². The molecule has 4 unspecified atom stereocenters. The Hall–Kier alpha value is -0.510. The van der Waals surface area contributed by atoms with Gasteiger partial charge in [0.15, 0.2) is 0 Å². The molecule has 0 saturated heterocycles. The standard InChI is InChI=1S/C13H23N/c1-5-13(4,9-14)12-7-6-10(2)11(3)8-12/h10-12H,5-8H2,1-4H3. The summed E-state index contributed by atoms with van der Waals surface area (Å²) < 4.78 is 0. The summed E-state index contributed by atoms with van der Waals surface area (Å²) >= 11 is 0. The molecule has 0 aliphatic heterocycles. The lowest BCUT2D eigenvalue weighted by atomic mass is 9.64. The average molecular weight is 193 g/mol. The normalized spacial score (nSPS) is 37.2. The predicted octanol–water partition coefficient (Wildman–Crippen LogP) is 4.00. The van der Waals surface area contributed by atoms with E-state index < -0.39 is 0 Å². The number of hydrogen-bond acceptors (Lipinski definition) is 1. The number of nitriles is 1. The fraction of sp³-hybridized carbons (Fsp3) is 0.923. The quantitative estimate of drug-likeness (QED) is 0.650. The molecule has 1 saturated carbocycles. The first kappa shape index (κ1) is 11.6. The molecule has 0 N–H and O–H groups in total. The zero-order valence-corrected chi connectivity index (χ0v) is 10.0. The minimum absolute atomic E-state index is 0.0750. The summed E-state index contributed by atoms with van der Waals surface area (Å²) in [6.45, 7) is 8.97. The summed E-state index contributed by atoms with van der Waals surface area (Å²) in [5.74, 6) is 2.28. The molecule has 1 rings (SSSR count). The Balaban J connectivity index is 2.67. The van der Waals surface area contributed by atoms with Gasteiger partial charge >= 0.3 is 0 Å². The number of rotatable bonds is 2. The number of nitrogens with zero attached hydrogens (tertiary/aromatic N) is 1. The van der Waals surface area contributed by atoms with Crippen LogP contribution < -0.4 is 0 Å². The van der Waals surface area contributed by atoms with Gasteiger partial charge in [-0.1, -0.05) is 27.2 Å². The van der Waals surface area contributed by atoms with Crippen molar-refractivity contribution in [2.45, 2.75) is 53.4 Å². The van der Waals surface area contributed by atoms with Gasteiger partial charge in [-0.3, -0.25) is 0 Å². The van der Waals surface area contributed by atoms with E-state index in [0.29, 0.717) is 5.92 Å². The second kappa shape index (κ2) is 4.34. The van der Waals surface area contributed by atoms with Crippen molar-refractivity contribution in [1.29, 1.82) is 5.26 Å². The molecule has 0 spiro atoms. The molecule has 0 amide bonds. The van der Waals surface area contributed by atoms with Crippen molar-refractivity contribution in [3.63, 3.8) is 0 Å². The van der Waals surface area contributed by atoms with Crippen molar-refractivity contribution in [1.82, 2.24) is 0 Å². The zero-order valence-electron chi connectivity index (χ0n) is 10.0. The van der Waals surface area contributed by atoms with Crippen LogP contribution in [0, 0.1) is 34.5 Å². The minimum Gasteiger partial charge on any atom is -0.198 e. The van der Waals surface area contributed by atoms with Crippen molar-refractivity contribution in [2.24, 2.45) is 23.2 Å². The molecule has 0 aromatic rings. The van der Waals surface area contributed by atoms with E-state index in [1.54, 1.807) is 0 Å². The highest BCUT2D eigenvalue weighted by Crippen LogP contribution is 2.44. The third kappa shape index (κ3) is 2.11. The topological polar surface area (TPSA) is 23.8 Å². The molecule has 0 radical (unpaired) electrons. The summed E-state index contributed by atoms with van der Waals surface area (Å²) in [5.41, 5.74) is -0.0750. The van der Waals surface area contributed by atoms with E-state index in [-0.39, 0.29) is 5.41 Å². The van der Waals surface area contributed by atoms with Crippen molar-refractivity contribution >= 4 is 0 Å². The second-order valence-corrected chi connectivity index (χ2v) is 5.35.